The molecule has 0 fully saturated rings. The molecule has 0 radical (unpaired) electrons. The first-order chi connectivity index (χ1) is 33.5. The number of aliphatic hydroxyl groups is 1. The Morgan fingerprint density at radius 3 is 1.79 bits per heavy atom. The number of ether oxygens (including phenoxy) is 3. The van der Waals surface area contributed by atoms with Crippen LogP contribution in [0.3, 0.4) is 0 Å². The monoisotopic (exact) mass is 1030 g/mol. The minimum atomic E-state index is -5.32. The number of carbonyl (C=O) groups excluding carboxylic acids is 1. The molecule has 378 valence electrons. The number of anilines is 1. The number of carbonyl (C=O) groups is 2. The lowest BCUT2D eigenvalue weighted by atomic mass is 10.0. The summed E-state index contributed by atoms with van der Waals surface area (Å²) in [5.74, 6) is -2.02. The van der Waals surface area contributed by atoms with Crippen LogP contribution in [0.1, 0.15) is 37.5 Å². The highest BCUT2D eigenvalue weighted by molar-refractivity contribution is 7.92. The number of pyridine rings is 1. The topological polar surface area (TPSA) is 258 Å². The largest absolute Gasteiger partial charge is 0.497 e. The first-order valence-corrected chi connectivity index (χ1v) is 24.2. The maximum absolute atomic E-state index is 16.0. The summed E-state index contributed by atoms with van der Waals surface area (Å²) in [6.07, 6.45) is -6.76. The number of amides is 2. The third-order valence-electron chi connectivity index (χ3n) is 10.7. The molecule has 0 spiro atoms. The number of aromatic nitrogens is 5. The Kier molecular flexibility index (Phi) is 16.4. The highest BCUT2D eigenvalue weighted by Gasteiger charge is 2.41. The molecule has 2 amide bonds. The van der Waals surface area contributed by atoms with Crippen LogP contribution in [0.25, 0.3) is 22.6 Å². The Bertz CT molecular complexity index is 3010. The van der Waals surface area contributed by atoms with Crippen molar-refractivity contribution in [3.63, 3.8) is 0 Å². The van der Waals surface area contributed by atoms with Crippen molar-refractivity contribution in [1.82, 2.24) is 39.1 Å². The third-order valence-corrected chi connectivity index (χ3v) is 14.3. The van der Waals surface area contributed by atoms with E-state index in [9.17, 15) is 33.0 Å². The van der Waals surface area contributed by atoms with Gasteiger partial charge in [0.05, 0.1) is 51.8 Å². The second kappa shape index (κ2) is 21.8. The number of halogens is 3. The van der Waals surface area contributed by atoms with Gasteiger partial charge in [-0.15, -0.1) is 10.2 Å². The molecular weight excluding hydrogens is 976 g/mol. The minimum Gasteiger partial charge on any atom is -0.497 e. The summed E-state index contributed by atoms with van der Waals surface area (Å²) in [7, 11) is -6.06. The summed E-state index contributed by atoms with van der Waals surface area (Å²) >= 11 is 0. The summed E-state index contributed by atoms with van der Waals surface area (Å²) in [6, 6.07) is 23.5. The molecule has 4 aromatic carbocycles. The van der Waals surface area contributed by atoms with Crippen LogP contribution >= 0.6 is 0 Å². The molecule has 0 bridgehead atoms. The second-order valence-corrected chi connectivity index (χ2v) is 20.3. The molecule has 0 aliphatic rings. The van der Waals surface area contributed by atoms with E-state index < -0.39 is 103 Å². The highest BCUT2D eigenvalue weighted by atomic mass is 32.2. The zero-order chi connectivity index (χ0) is 51.9. The number of nitrogens with one attached hydrogen (secondary N) is 2. The van der Waals surface area contributed by atoms with E-state index in [2.05, 4.69) is 25.1 Å². The van der Waals surface area contributed by atoms with Crippen LogP contribution in [-0.4, -0.2) is 126 Å². The molecule has 2 heterocycles. The maximum atomic E-state index is 16.0. The van der Waals surface area contributed by atoms with Crippen LogP contribution in [0.4, 0.5) is 23.8 Å². The molecule has 0 aliphatic carbocycles. The Balaban J connectivity index is 1.66. The van der Waals surface area contributed by atoms with Crippen LogP contribution in [0.15, 0.2) is 113 Å². The van der Waals surface area contributed by atoms with E-state index in [0.29, 0.717) is 33.9 Å². The summed E-state index contributed by atoms with van der Waals surface area (Å²) in [4.78, 5) is 28.7. The molecule has 4 N–H and O–H groups in total. The van der Waals surface area contributed by atoms with E-state index in [4.69, 9.17) is 14.2 Å². The number of rotatable bonds is 20. The highest BCUT2D eigenvalue weighted by Crippen LogP contribution is 2.41. The van der Waals surface area contributed by atoms with Crippen LogP contribution < -0.4 is 24.2 Å². The van der Waals surface area contributed by atoms with Crippen LogP contribution in [0.2, 0.25) is 0 Å². The van der Waals surface area contributed by atoms with E-state index in [0.717, 1.165) is 32.2 Å². The number of hydrogen-bond donors (Lipinski definition) is 4. The van der Waals surface area contributed by atoms with Crippen molar-refractivity contribution >= 4 is 37.9 Å². The molecule has 71 heavy (non-hydrogen) atoms. The fourth-order valence-electron chi connectivity index (χ4n) is 7.11. The van der Waals surface area contributed by atoms with Gasteiger partial charge in [0.15, 0.2) is 0 Å². The second-order valence-electron chi connectivity index (χ2n) is 16.7. The average molecular weight is 1030 g/mol. The number of aliphatic hydroxyl groups excluding tert-OH is 1. The molecule has 6 aromatic rings. The molecule has 1 atom stereocenters. The third kappa shape index (κ3) is 13.0. The fraction of sp³-hybridized carbons (Fsp3) is 0.304. The maximum Gasteiger partial charge on any atom is 0.471 e. The Hall–Kier alpha value is -7.19. The minimum absolute atomic E-state index is 0.0573. The number of alkyl halides is 3. The summed E-state index contributed by atoms with van der Waals surface area (Å²) in [5.41, 5.74) is -0.696. The summed E-state index contributed by atoms with van der Waals surface area (Å²) < 4.78 is 122. The van der Waals surface area contributed by atoms with Gasteiger partial charge >= 0.3 is 18.2 Å². The van der Waals surface area contributed by atoms with Crippen molar-refractivity contribution in [3.05, 3.63) is 120 Å². The fourth-order valence-corrected chi connectivity index (χ4v) is 10.7. The lowest BCUT2D eigenvalue weighted by Gasteiger charge is -2.35. The molecule has 2 aromatic heterocycles. The number of benzene rings is 4. The Morgan fingerprint density at radius 1 is 0.775 bits per heavy atom. The molecule has 0 aliphatic heterocycles. The average Bonchev–Trinajstić information content (AvgIpc) is 3.80. The number of nitrogens with zero attached hydrogens (tertiary/aromatic N) is 7. The number of sulfonamides is 2. The van der Waals surface area contributed by atoms with E-state index in [1.165, 1.54) is 33.5 Å². The van der Waals surface area contributed by atoms with Crippen LogP contribution in [0.5, 0.6) is 17.2 Å². The summed E-state index contributed by atoms with van der Waals surface area (Å²) in [5, 5.41) is 35.1. The predicted octanol–water partition coefficient (Wildman–Crippen LogP) is 5.79. The molecule has 0 saturated carbocycles. The van der Waals surface area contributed by atoms with Crippen molar-refractivity contribution < 1.29 is 64.0 Å². The van der Waals surface area contributed by atoms with Gasteiger partial charge in [0, 0.05) is 30.7 Å². The molecule has 20 nitrogen and oxygen atoms in total. The molecule has 0 saturated heterocycles. The zero-order valence-corrected chi connectivity index (χ0v) is 40.7. The van der Waals surface area contributed by atoms with Gasteiger partial charge in [-0.1, -0.05) is 48.5 Å². The van der Waals surface area contributed by atoms with E-state index in [1.807, 2.05) is 0 Å². The van der Waals surface area contributed by atoms with E-state index in [1.54, 1.807) is 98.9 Å². The van der Waals surface area contributed by atoms with Gasteiger partial charge in [0.25, 0.3) is 0 Å². The predicted molar refractivity (Wildman–Crippen MR) is 251 cm³/mol. The van der Waals surface area contributed by atoms with E-state index >= 15 is 16.8 Å². The van der Waals surface area contributed by atoms with Crippen molar-refractivity contribution in [2.24, 2.45) is 0 Å². The molecular formula is C46H50F3N9O11S2. The number of hydrogen-bond acceptors (Lipinski definition) is 14. The van der Waals surface area contributed by atoms with Crippen molar-refractivity contribution in [2.75, 3.05) is 39.8 Å². The lowest BCUT2D eigenvalue weighted by molar-refractivity contribution is -0.167. The van der Waals surface area contributed by atoms with Gasteiger partial charge < -0.3 is 34.6 Å². The Morgan fingerprint density at radius 2 is 1.31 bits per heavy atom. The quantitative estimate of drug-likeness (QED) is 0.0706. The molecule has 0 unspecified atom stereocenters. The van der Waals surface area contributed by atoms with Crippen LogP contribution in [0, 0.1) is 0 Å². The number of carboxylic acid groups (broad SMARTS) is 1. The van der Waals surface area contributed by atoms with Gasteiger partial charge in [-0.05, 0) is 97.3 Å². The standard InChI is InChI=1S/C46H50F3N9O11S2/c1-45(2,3)57(44(61)62)27-32(28-59)54-70(63,64)38-23-22-36(37-8-7-9-39(50-37)51-43(60)46(47,48)49)40(42-52-55-58(53-42)26-31-14-20-35(69-6)21-15-31)41(38)71(65,66)56(24-29-10-16-33(67-4)17-11-29)25-30-12-18-34(68-5)19-13-30/h7-23,32,54,59H,24-28H2,1-6H3,(H,61,62)(H,50,51,60)/t32-/m1/s1. The molecule has 25 heteroatoms. The van der Waals surface area contributed by atoms with Gasteiger partial charge in [-0.2, -0.15) is 22.3 Å². The van der Waals surface area contributed by atoms with Gasteiger partial charge in [-0.3, -0.25) is 4.79 Å². The van der Waals surface area contributed by atoms with Crippen LogP contribution in [-0.2, 0) is 44.5 Å². The van der Waals surface area contributed by atoms with Gasteiger partial charge in [0.2, 0.25) is 25.9 Å². The van der Waals surface area contributed by atoms with Gasteiger partial charge in [0.1, 0.15) is 32.9 Å². The van der Waals surface area contributed by atoms with Crippen molar-refractivity contribution in [2.45, 2.75) is 68.0 Å². The zero-order valence-electron chi connectivity index (χ0n) is 39.1. The summed E-state index contributed by atoms with van der Waals surface area (Å²) in [6.45, 7) is 2.24. The SMILES string of the molecule is COc1ccc(CN(Cc2ccc(OC)cc2)S(=O)(=O)c2c(S(=O)(=O)N[C@@H](CO)CN(C(=O)O)C(C)(C)C)ccc(-c3cccc(NC(=O)C(F)(F)F)n3)c2-c2nnn(Cc3ccc(OC)cc3)n2)cc1. The lowest BCUT2D eigenvalue weighted by Crippen LogP contribution is -2.53. The first kappa shape index (κ1) is 53.2. The first-order valence-electron chi connectivity index (χ1n) is 21.3. The van der Waals surface area contributed by atoms with Crippen molar-refractivity contribution in [3.8, 4) is 39.9 Å². The van der Waals surface area contributed by atoms with E-state index in [-0.39, 0.29) is 17.8 Å². The normalized spacial score (nSPS) is 12.6. The number of methoxy groups -OCH3 is 3. The molecule has 6 rings (SSSR count). The Labute approximate surface area is 407 Å². The smallest absolute Gasteiger partial charge is 0.471 e. The number of tetrazole rings is 1. The van der Waals surface area contributed by atoms with Crippen molar-refractivity contribution in [1.29, 1.82) is 0 Å². The van der Waals surface area contributed by atoms with Gasteiger partial charge in [-0.25, -0.2) is 31.3 Å².